The molecule has 0 saturated carbocycles. The van der Waals surface area contributed by atoms with Gasteiger partial charge in [-0.15, -0.1) is 11.8 Å². The molecule has 1 fully saturated rings. The average molecular weight is 422 g/mol. The van der Waals surface area contributed by atoms with Crippen LogP contribution in [0.25, 0.3) is 0 Å². The Bertz CT molecular complexity index is 711. The number of aryl methyl sites for hydroxylation is 1. The molecule has 29 heavy (non-hydrogen) atoms. The van der Waals surface area contributed by atoms with E-state index < -0.39 is 0 Å². The van der Waals surface area contributed by atoms with Crippen molar-refractivity contribution in [1.29, 1.82) is 0 Å². The van der Waals surface area contributed by atoms with Crippen molar-refractivity contribution in [2.75, 3.05) is 49.6 Å². The van der Waals surface area contributed by atoms with Crippen LogP contribution >= 0.6 is 11.8 Å². The summed E-state index contributed by atoms with van der Waals surface area (Å²) in [4.78, 5) is 40.0. The summed E-state index contributed by atoms with van der Waals surface area (Å²) in [5.74, 6) is 0.642. The molecule has 2 rings (SSSR count). The van der Waals surface area contributed by atoms with Crippen molar-refractivity contribution in [3.63, 3.8) is 0 Å². The highest BCUT2D eigenvalue weighted by Gasteiger charge is 2.23. The minimum absolute atomic E-state index is 0.00393. The van der Waals surface area contributed by atoms with E-state index in [1.54, 1.807) is 9.80 Å². The first kappa shape index (κ1) is 23.1. The van der Waals surface area contributed by atoms with Crippen molar-refractivity contribution < 1.29 is 19.1 Å². The third-order valence-corrected chi connectivity index (χ3v) is 5.32. The number of carbonyl (C=O) groups is 3. The van der Waals surface area contributed by atoms with Crippen LogP contribution in [0.2, 0.25) is 0 Å². The van der Waals surface area contributed by atoms with Crippen LogP contribution in [-0.2, 0) is 14.3 Å². The van der Waals surface area contributed by atoms with Gasteiger partial charge >= 0.3 is 6.09 Å². The van der Waals surface area contributed by atoms with Gasteiger partial charge in [-0.25, -0.2) is 4.79 Å². The Morgan fingerprint density at radius 3 is 2.55 bits per heavy atom. The highest BCUT2D eigenvalue weighted by atomic mass is 32.2. The Balaban J connectivity index is 1.69. The highest BCUT2D eigenvalue weighted by molar-refractivity contribution is 8.00. The predicted octanol–water partition coefficient (Wildman–Crippen LogP) is 2.99. The first-order valence-electron chi connectivity index (χ1n) is 9.99. The fraction of sp³-hybridized carbons (Fsp3) is 0.571. The lowest BCUT2D eigenvalue weighted by Crippen LogP contribution is -2.38. The van der Waals surface area contributed by atoms with Gasteiger partial charge in [0.25, 0.3) is 0 Å². The van der Waals surface area contributed by atoms with Crippen LogP contribution in [0.15, 0.2) is 24.3 Å². The van der Waals surface area contributed by atoms with Gasteiger partial charge in [0.2, 0.25) is 11.8 Å². The Morgan fingerprint density at radius 2 is 1.83 bits per heavy atom. The summed E-state index contributed by atoms with van der Waals surface area (Å²) in [7, 11) is 0. The molecule has 0 aromatic heterocycles. The molecule has 0 aliphatic carbocycles. The molecule has 1 aromatic rings. The smallest absolute Gasteiger partial charge is 0.409 e. The van der Waals surface area contributed by atoms with Crippen LogP contribution < -0.4 is 5.32 Å². The van der Waals surface area contributed by atoms with Crippen molar-refractivity contribution in [3.05, 3.63) is 29.8 Å². The topological polar surface area (TPSA) is 79.0 Å². The van der Waals surface area contributed by atoms with Crippen molar-refractivity contribution in [2.24, 2.45) is 5.92 Å². The minimum atomic E-state index is -0.310. The maximum atomic E-state index is 12.5. The van der Waals surface area contributed by atoms with Gasteiger partial charge in [-0.2, -0.15) is 0 Å². The first-order chi connectivity index (χ1) is 13.8. The molecule has 1 saturated heterocycles. The Hall–Kier alpha value is -2.22. The summed E-state index contributed by atoms with van der Waals surface area (Å²) in [6.07, 6.45) is 0.413. The Labute approximate surface area is 177 Å². The second-order valence-electron chi connectivity index (χ2n) is 7.60. The molecule has 0 spiro atoms. The number of rotatable bonds is 7. The summed E-state index contributed by atoms with van der Waals surface area (Å²) >= 11 is 1.30. The SMILES string of the molecule is Cc1cccc(NC(=O)CSCC(=O)N2CCCN(C(=O)OCC(C)C)CC2)c1. The maximum Gasteiger partial charge on any atom is 0.409 e. The summed E-state index contributed by atoms with van der Waals surface area (Å²) in [5, 5.41) is 2.84. The van der Waals surface area contributed by atoms with Crippen LogP contribution in [0.3, 0.4) is 0 Å². The standard InChI is InChI=1S/C21H31N3O4S/c1-16(2)13-28-21(27)24-9-5-8-23(10-11-24)20(26)15-29-14-19(25)22-18-7-4-6-17(3)12-18/h4,6-7,12,16H,5,8-11,13-15H2,1-3H3,(H,22,25). The van der Waals surface area contributed by atoms with E-state index in [1.165, 1.54) is 11.8 Å². The summed E-state index contributed by atoms with van der Waals surface area (Å²) in [6, 6.07) is 7.61. The molecular formula is C21H31N3O4S. The van der Waals surface area contributed by atoms with Crippen LogP contribution in [0.5, 0.6) is 0 Å². The molecule has 1 heterocycles. The van der Waals surface area contributed by atoms with Crippen LogP contribution in [0.1, 0.15) is 25.8 Å². The molecule has 0 radical (unpaired) electrons. The van der Waals surface area contributed by atoms with E-state index in [4.69, 9.17) is 4.74 Å². The maximum absolute atomic E-state index is 12.5. The minimum Gasteiger partial charge on any atom is -0.449 e. The third-order valence-electron chi connectivity index (χ3n) is 4.41. The first-order valence-corrected chi connectivity index (χ1v) is 11.1. The van der Waals surface area contributed by atoms with Gasteiger partial charge in [-0.1, -0.05) is 26.0 Å². The lowest BCUT2D eigenvalue weighted by molar-refractivity contribution is -0.128. The van der Waals surface area contributed by atoms with E-state index >= 15 is 0 Å². The van der Waals surface area contributed by atoms with Gasteiger partial charge in [-0.05, 0) is 37.0 Å². The van der Waals surface area contributed by atoms with Crippen LogP contribution in [0.4, 0.5) is 10.5 Å². The molecule has 0 bridgehead atoms. The summed E-state index contributed by atoms with van der Waals surface area (Å²) < 4.78 is 5.28. The number of hydrogen-bond acceptors (Lipinski definition) is 5. The van der Waals surface area contributed by atoms with Gasteiger partial charge < -0.3 is 19.9 Å². The molecule has 8 heteroatoms. The molecule has 1 aliphatic heterocycles. The fourth-order valence-electron chi connectivity index (χ4n) is 2.92. The molecule has 1 aromatic carbocycles. The van der Waals surface area contributed by atoms with E-state index in [2.05, 4.69) is 5.32 Å². The number of hydrogen-bond donors (Lipinski definition) is 1. The zero-order chi connectivity index (χ0) is 21.2. The monoisotopic (exact) mass is 421 g/mol. The number of thioether (sulfide) groups is 1. The van der Waals surface area contributed by atoms with E-state index in [-0.39, 0.29) is 29.4 Å². The Kier molecular flexibility index (Phi) is 9.31. The fourth-order valence-corrected chi connectivity index (χ4v) is 3.64. The highest BCUT2D eigenvalue weighted by Crippen LogP contribution is 2.12. The molecular weight excluding hydrogens is 390 g/mol. The van der Waals surface area contributed by atoms with Gasteiger partial charge in [0.1, 0.15) is 0 Å². The van der Waals surface area contributed by atoms with Gasteiger partial charge in [-0.3, -0.25) is 9.59 Å². The lowest BCUT2D eigenvalue weighted by Gasteiger charge is -2.22. The molecule has 1 aliphatic rings. The second kappa shape index (κ2) is 11.7. The molecule has 160 valence electrons. The van der Waals surface area contributed by atoms with Crippen LogP contribution in [0, 0.1) is 12.8 Å². The summed E-state index contributed by atoms with van der Waals surface area (Å²) in [5.41, 5.74) is 1.84. The van der Waals surface area contributed by atoms with Gasteiger partial charge in [0.15, 0.2) is 0 Å². The average Bonchev–Trinajstić information content (AvgIpc) is 2.92. The molecule has 0 atom stereocenters. The van der Waals surface area contributed by atoms with Crippen molar-refractivity contribution in [3.8, 4) is 0 Å². The van der Waals surface area contributed by atoms with Crippen molar-refractivity contribution >= 4 is 35.4 Å². The van der Waals surface area contributed by atoms with E-state index in [1.807, 2.05) is 45.0 Å². The second-order valence-corrected chi connectivity index (χ2v) is 8.59. The summed E-state index contributed by atoms with van der Waals surface area (Å²) in [6.45, 7) is 8.53. The zero-order valence-corrected chi connectivity index (χ0v) is 18.3. The molecule has 1 N–H and O–H groups in total. The number of amides is 3. The lowest BCUT2D eigenvalue weighted by atomic mass is 10.2. The zero-order valence-electron chi connectivity index (χ0n) is 17.5. The van der Waals surface area contributed by atoms with Crippen molar-refractivity contribution in [2.45, 2.75) is 27.2 Å². The number of ether oxygens (including phenoxy) is 1. The number of carbonyl (C=O) groups excluding carboxylic acids is 3. The Morgan fingerprint density at radius 1 is 1.10 bits per heavy atom. The number of nitrogens with zero attached hydrogens (tertiary/aromatic N) is 2. The number of anilines is 1. The quantitative estimate of drug-likeness (QED) is 0.732. The molecule has 7 nitrogen and oxygen atoms in total. The van der Waals surface area contributed by atoms with Crippen molar-refractivity contribution in [1.82, 2.24) is 9.80 Å². The number of nitrogens with one attached hydrogen (secondary N) is 1. The molecule has 3 amide bonds. The predicted molar refractivity (Wildman–Crippen MR) is 116 cm³/mol. The van der Waals surface area contributed by atoms with E-state index in [0.717, 1.165) is 17.7 Å². The van der Waals surface area contributed by atoms with E-state index in [0.29, 0.717) is 38.7 Å². The third kappa shape index (κ3) is 8.35. The normalized spacial score (nSPS) is 14.5. The largest absolute Gasteiger partial charge is 0.449 e. The van der Waals surface area contributed by atoms with Gasteiger partial charge in [0.05, 0.1) is 18.1 Å². The van der Waals surface area contributed by atoms with E-state index in [9.17, 15) is 14.4 Å². The number of benzene rings is 1. The van der Waals surface area contributed by atoms with Crippen LogP contribution in [-0.4, -0.2) is 72.0 Å². The van der Waals surface area contributed by atoms with Gasteiger partial charge in [0, 0.05) is 31.9 Å². The molecule has 0 unspecified atom stereocenters.